The number of aryl methyl sites for hydroxylation is 1. The largest absolute Gasteiger partial charge is 0.490 e. The first kappa shape index (κ1) is 21.6. The molecule has 1 fully saturated rings. The van der Waals surface area contributed by atoms with Crippen LogP contribution in [-0.4, -0.2) is 35.8 Å². The van der Waals surface area contributed by atoms with Crippen LogP contribution in [0.4, 0.5) is 8.78 Å². The topological polar surface area (TPSA) is 86.1 Å². The van der Waals surface area contributed by atoms with Crippen molar-refractivity contribution in [1.29, 1.82) is 0 Å². The van der Waals surface area contributed by atoms with Crippen molar-refractivity contribution in [3.05, 3.63) is 35.9 Å². The molecule has 0 radical (unpaired) electrons. The minimum atomic E-state index is -4.22. The molecule has 0 saturated heterocycles. The van der Waals surface area contributed by atoms with Crippen LogP contribution in [0.25, 0.3) is 0 Å². The van der Waals surface area contributed by atoms with Crippen LogP contribution < -0.4 is 9.46 Å². The summed E-state index contributed by atoms with van der Waals surface area (Å²) in [5, 5.41) is 7.84. The minimum absolute atomic E-state index is 0.0578. The van der Waals surface area contributed by atoms with Gasteiger partial charge >= 0.3 is 0 Å². The zero-order valence-corrected chi connectivity index (χ0v) is 17.4. The van der Waals surface area contributed by atoms with Gasteiger partial charge in [-0.2, -0.15) is 0 Å². The highest BCUT2D eigenvalue weighted by molar-refractivity contribution is 7.89. The molecule has 10 heteroatoms. The molecule has 29 heavy (non-hydrogen) atoms. The van der Waals surface area contributed by atoms with E-state index in [0.29, 0.717) is 25.3 Å². The van der Waals surface area contributed by atoms with E-state index in [-0.39, 0.29) is 24.4 Å². The second-order valence-corrected chi connectivity index (χ2v) is 9.02. The Hall–Kier alpha value is -2.07. The summed E-state index contributed by atoms with van der Waals surface area (Å²) in [4.78, 5) is -0.708. The van der Waals surface area contributed by atoms with Gasteiger partial charge in [0.15, 0.2) is 11.6 Å². The van der Waals surface area contributed by atoms with E-state index < -0.39 is 26.6 Å². The molecule has 1 heterocycles. The Labute approximate surface area is 169 Å². The van der Waals surface area contributed by atoms with Crippen molar-refractivity contribution in [1.82, 2.24) is 19.5 Å². The van der Waals surface area contributed by atoms with Crippen LogP contribution in [0.2, 0.25) is 0 Å². The van der Waals surface area contributed by atoms with Gasteiger partial charge in [0, 0.05) is 24.2 Å². The van der Waals surface area contributed by atoms with Gasteiger partial charge in [-0.1, -0.05) is 13.3 Å². The van der Waals surface area contributed by atoms with E-state index in [1.807, 2.05) is 18.4 Å². The number of benzene rings is 1. The van der Waals surface area contributed by atoms with Gasteiger partial charge in [0.1, 0.15) is 22.9 Å². The molecule has 2 atom stereocenters. The SMILES string of the molecule is CCCCOc1cc(F)c(S(=O)(=O)N[C@H]2CCC[C@@H](n3cnnc3C)C2)cc1F. The van der Waals surface area contributed by atoms with Gasteiger partial charge in [0.2, 0.25) is 10.0 Å². The maximum absolute atomic E-state index is 14.5. The Morgan fingerprint density at radius 1 is 1.28 bits per heavy atom. The average Bonchev–Trinajstić information content (AvgIpc) is 3.10. The number of sulfonamides is 1. The molecular formula is C19H26F2N4O3S. The van der Waals surface area contributed by atoms with Crippen molar-refractivity contribution in [2.75, 3.05) is 6.61 Å². The number of hydrogen-bond acceptors (Lipinski definition) is 5. The van der Waals surface area contributed by atoms with Crippen LogP contribution in [-0.2, 0) is 10.0 Å². The molecule has 1 aromatic heterocycles. The normalized spacial score (nSPS) is 20.0. The highest BCUT2D eigenvalue weighted by atomic mass is 32.2. The molecule has 2 aromatic rings. The van der Waals surface area contributed by atoms with Crippen LogP contribution in [0.1, 0.15) is 57.3 Å². The molecule has 1 aliphatic rings. The Morgan fingerprint density at radius 3 is 2.76 bits per heavy atom. The highest BCUT2D eigenvalue weighted by Gasteiger charge is 2.30. The maximum atomic E-state index is 14.5. The summed E-state index contributed by atoms with van der Waals surface area (Å²) in [6, 6.07) is 1.15. The standard InChI is InChI=1S/C19H26F2N4O3S/c1-3-4-8-28-18-10-17(21)19(11-16(18)20)29(26,27)24-14-6-5-7-15(9-14)25-12-22-23-13(25)2/h10-12,14-15,24H,3-9H2,1-2H3/t14-,15+/m0/s1. The number of aromatic nitrogens is 3. The van der Waals surface area contributed by atoms with Gasteiger partial charge in [-0.05, 0) is 39.0 Å². The molecular weight excluding hydrogens is 402 g/mol. The van der Waals surface area contributed by atoms with Crippen LogP contribution in [0, 0.1) is 18.6 Å². The quantitative estimate of drug-likeness (QED) is 0.651. The van der Waals surface area contributed by atoms with Gasteiger partial charge in [-0.3, -0.25) is 0 Å². The molecule has 0 bridgehead atoms. The number of rotatable bonds is 8. The van der Waals surface area contributed by atoms with Gasteiger partial charge in [-0.25, -0.2) is 21.9 Å². The number of halogens is 2. The van der Waals surface area contributed by atoms with Crippen LogP contribution in [0.15, 0.2) is 23.4 Å². The Bertz CT molecular complexity index is 949. The maximum Gasteiger partial charge on any atom is 0.243 e. The minimum Gasteiger partial charge on any atom is -0.490 e. The third kappa shape index (κ3) is 5.11. The molecule has 160 valence electrons. The zero-order chi connectivity index (χ0) is 21.0. The lowest BCUT2D eigenvalue weighted by atomic mass is 9.91. The molecule has 1 aromatic carbocycles. The number of ether oxygens (including phenoxy) is 1. The molecule has 0 aliphatic heterocycles. The summed E-state index contributed by atoms with van der Waals surface area (Å²) in [6.45, 7) is 4.02. The zero-order valence-electron chi connectivity index (χ0n) is 16.6. The summed E-state index contributed by atoms with van der Waals surface area (Å²) < 4.78 is 63.8. The van der Waals surface area contributed by atoms with E-state index in [2.05, 4.69) is 14.9 Å². The lowest BCUT2D eigenvalue weighted by molar-refractivity contribution is 0.291. The van der Waals surface area contributed by atoms with Gasteiger partial charge < -0.3 is 9.30 Å². The van der Waals surface area contributed by atoms with Crippen molar-refractivity contribution in [3.8, 4) is 5.75 Å². The van der Waals surface area contributed by atoms with Crippen LogP contribution in [0.3, 0.4) is 0 Å². The second-order valence-electron chi connectivity index (χ2n) is 7.34. The first-order valence-corrected chi connectivity index (χ1v) is 11.3. The van der Waals surface area contributed by atoms with Crippen molar-refractivity contribution < 1.29 is 21.9 Å². The monoisotopic (exact) mass is 428 g/mol. The van der Waals surface area contributed by atoms with E-state index in [1.165, 1.54) is 0 Å². The molecule has 3 rings (SSSR count). The Kier molecular flexibility index (Phi) is 6.84. The molecule has 1 aliphatic carbocycles. The number of unbranched alkanes of at least 4 members (excludes halogenated alkanes) is 1. The summed E-state index contributed by atoms with van der Waals surface area (Å²) in [5.74, 6) is -1.46. The fourth-order valence-corrected chi connectivity index (χ4v) is 4.97. The smallest absolute Gasteiger partial charge is 0.243 e. The fraction of sp³-hybridized carbons (Fsp3) is 0.579. The highest BCUT2D eigenvalue weighted by Crippen LogP contribution is 2.31. The molecule has 0 spiro atoms. The van der Waals surface area contributed by atoms with Crippen molar-refractivity contribution in [2.24, 2.45) is 0 Å². The predicted molar refractivity (Wildman–Crippen MR) is 103 cm³/mol. The average molecular weight is 429 g/mol. The molecule has 1 N–H and O–H groups in total. The van der Waals surface area contributed by atoms with Gasteiger partial charge in [0.05, 0.1) is 6.61 Å². The first-order valence-electron chi connectivity index (χ1n) is 9.82. The van der Waals surface area contributed by atoms with Crippen LogP contribution >= 0.6 is 0 Å². The van der Waals surface area contributed by atoms with Gasteiger partial charge in [-0.15, -0.1) is 10.2 Å². The summed E-state index contributed by atoms with van der Waals surface area (Å²) in [7, 11) is -4.22. The summed E-state index contributed by atoms with van der Waals surface area (Å²) in [5.41, 5.74) is 0. The Balaban J connectivity index is 1.73. The third-order valence-corrected chi connectivity index (χ3v) is 6.68. The molecule has 0 unspecified atom stereocenters. The van der Waals surface area contributed by atoms with E-state index in [0.717, 1.165) is 31.2 Å². The summed E-state index contributed by atoms with van der Waals surface area (Å²) >= 11 is 0. The lowest BCUT2D eigenvalue weighted by Crippen LogP contribution is -2.39. The predicted octanol–water partition coefficient (Wildman–Crippen LogP) is 3.51. The van der Waals surface area contributed by atoms with E-state index in [1.54, 1.807) is 6.33 Å². The number of nitrogens with zero attached hydrogens (tertiary/aromatic N) is 3. The third-order valence-electron chi connectivity index (χ3n) is 5.15. The van der Waals surface area contributed by atoms with Crippen LogP contribution in [0.5, 0.6) is 5.75 Å². The fourth-order valence-electron chi connectivity index (χ4n) is 3.62. The lowest BCUT2D eigenvalue weighted by Gasteiger charge is -2.30. The molecule has 0 amide bonds. The number of nitrogens with one attached hydrogen (secondary N) is 1. The van der Waals surface area contributed by atoms with E-state index >= 15 is 0 Å². The first-order chi connectivity index (χ1) is 13.8. The van der Waals surface area contributed by atoms with E-state index in [4.69, 9.17) is 4.74 Å². The molecule has 7 nitrogen and oxygen atoms in total. The number of hydrogen-bond donors (Lipinski definition) is 1. The summed E-state index contributed by atoms with van der Waals surface area (Å²) in [6.07, 6.45) is 6.00. The molecule has 1 saturated carbocycles. The Morgan fingerprint density at radius 2 is 2.07 bits per heavy atom. The van der Waals surface area contributed by atoms with Gasteiger partial charge in [0.25, 0.3) is 0 Å². The van der Waals surface area contributed by atoms with Crippen molar-refractivity contribution >= 4 is 10.0 Å². The van der Waals surface area contributed by atoms with E-state index in [9.17, 15) is 17.2 Å². The van der Waals surface area contributed by atoms with Crippen molar-refractivity contribution in [2.45, 2.75) is 69.4 Å². The van der Waals surface area contributed by atoms with Crippen molar-refractivity contribution in [3.63, 3.8) is 0 Å². The second kappa shape index (κ2) is 9.17.